The second kappa shape index (κ2) is 5.21. The number of hydrogen-bond acceptors (Lipinski definition) is 0. The average Bonchev–Trinajstić information content (AvgIpc) is 2.83. The second-order valence-electron chi connectivity index (χ2n) is 4.71. The zero-order chi connectivity index (χ0) is 12.7. The van der Waals surface area contributed by atoms with E-state index in [2.05, 4.69) is 83.4 Å². The number of fused-ring (bicyclic) bond motifs is 3. The van der Waals surface area contributed by atoms with Crippen LogP contribution in [0.15, 0.2) is 78.9 Å². The maximum absolute atomic E-state index is 2.32. The molecule has 4 aromatic rings. The Balaban J connectivity index is 0.000000807. The molecule has 0 radical (unpaired) electrons. The number of aromatic nitrogens is 1. The van der Waals surface area contributed by atoms with Crippen molar-refractivity contribution in [2.75, 3.05) is 0 Å². The van der Waals surface area contributed by atoms with Crippen molar-refractivity contribution in [3.05, 3.63) is 78.9 Å². The minimum Gasteiger partial charge on any atom is -1.00 e. The molecule has 3 aromatic carbocycles. The molecule has 92 valence electrons. The number of hydrogen-bond donors (Lipinski definition) is 0. The van der Waals surface area contributed by atoms with Crippen LogP contribution in [0.5, 0.6) is 0 Å². The van der Waals surface area contributed by atoms with Crippen molar-refractivity contribution < 1.29 is 20.3 Å². The molecule has 4 rings (SSSR count). The minimum atomic E-state index is 0. The zero-order valence-electron chi connectivity index (χ0n) is 12.5. The third-order valence-corrected chi connectivity index (χ3v) is 3.59. The first-order chi connectivity index (χ1) is 9.45. The molecule has 0 atom stereocenters. The Morgan fingerprint density at radius 1 is 0.550 bits per heavy atom. The molecule has 0 saturated carbocycles. The first kappa shape index (κ1) is 13.1. The number of benzene rings is 3. The van der Waals surface area contributed by atoms with Crippen molar-refractivity contribution in [3.8, 4) is 5.69 Å². The Hall–Kier alpha value is -1.94. The molecule has 20 heavy (non-hydrogen) atoms. The van der Waals surface area contributed by atoms with Crippen molar-refractivity contribution >= 4 is 21.8 Å². The number of nitrogens with zero attached hydrogens (tertiary/aromatic N) is 1. The Kier molecular flexibility index (Phi) is 3.40. The van der Waals surface area contributed by atoms with E-state index < -0.39 is 0 Å². The molecule has 0 bridgehead atoms. The standard InChI is InChI=1S/C18H13N.Li.H/c1-2-8-14(9-3-1)19-17-12-6-4-10-15(17)16-11-5-7-13-18(16)19;;/h1-13H;;/q;+1;-1. The molecular weight excluding hydrogens is 237 g/mol. The molecule has 1 heterocycles. The molecule has 0 unspecified atom stereocenters. The summed E-state index contributed by atoms with van der Waals surface area (Å²) in [5.41, 5.74) is 3.73. The van der Waals surface area contributed by atoms with Gasteiger partial charge in [0.25, 0.3) is 0 Å². The fraction of sp³-hybridized carbons (Fsp3) is 0. The fourth-order valence-electron chi connectivity index (χ4n) is 2.78. The van der Waals surface area contributed by atoms with Gasteiger partial charge in [-0.15, -0.1) is 0 Å². The molecule has 0 aliphatic heterocycles. The van der Waals surface area contributed by atoms with Gasteiger partial charge in [-0.3, -0.25) is 0 Å². The summed E-state index contributed by atoms with van der Waals surface area (Å²) in [6, 6.07) is 27.7. The van der Waals surface area contributed by atoms with E-state index in [-0.39, 0.29) is 20.3 Å². The molecule has 2 heteroatoms. The summed E-state index contributed by atoms with van der Waals surface area (Å²) in [6.45, 7) is 0. The van der Waals surface area contributed by atoms with Gasteiger partial charge in [-0.1, -0.05) is 54.6 Å². The first-order valence-corrected chi connectivity index (χ1v) is 6.49. The van der Waals surface area contributed by atoms with Crippen LogP contribution in [0, 0.1) is 0 Å². The second-order valence-corrected chi connectivity index (χ2v) is 4.71. The molecule has 0 fully saturated rings. The van der Waals surface area contributed by atoms with Crippen molar-refractivity contribution in [1.82, 2.24) is 4.57 Å². The fourth-order valence-corrected chi connectivity index (χ4v) is 2.78. The smallest absolute Gasteiger partial charge is 1.00 e. The quantitative estimate of drug-likeness (QED) is 0.455. The Morgan fingerprint density at radius 2 is 1.00 bits per heavy atom. The van der Waals surface area contributed by atoms with Crippen LogP contribution in [0.4, 0.5) is 0 Å². The van der Waals surface area contributed by atoms with Crippen LogP contribution >= 0.6 is 0 Å². The Bertz CT molecular complexity index is 815. The number of para-hydroxylation sites is 3. The largest absolute Gasteiger partial charge is 1.00 e. The van der Waals surface area contributed by atoms with Gasteiger partial charge in [-0.25, -0.2) is 0 Å². The molecule has 0 N–H and O–H groups in total. The molecule has 0 spiro atoms. The predicted octanol–water partition coefficient (Wildman–Crippen LogP) is 1.90. The zero-order valence-corrected chi connectivity index (χ0v) is 11.5. The van der Waals surface area contributed by atoms with Crippen LogP contribution in [-0.2, 0) is 0 Å². The SMILES string of the molecule is [H-].[Li+].c1ccc(-n2c3ccccc3c3ccccc32)cc1. The summed E-state index contributed by atoms with van der Waals surface area (Å²) < 4.78 is 2.32. The summed E-state index contributed by atoms with van der Waals surface area (Å²) in [5.74, 6) is 0. The summed E-state index contributed by atoms with van der Waals surface area (Å²) in [4.78, 5) is 0. The Morgan fingerprint density at radius 3 is 1.55 bits per heavy atom. The van der Waals surface area contributed by atoms with Crippen LogP contribution in [0.25, 0.3) is 27.5 Å². The van der Waals surface area contributed by atoms with E-state index in [1.54, 1.807) is 0 Å². The van der Waals surface area contributed by atoms with E-state index in [1.807, 2.05) is 0 Å². The molecule has 0 aliphatic rings. The van der Waals surface area contributed by atoms with Crippen LogP contribution in [-0.4, -0.2) is 4.57 Å². The van der Waals surface area contributed by atoms with Crippen molar-refractivity contribution in [3.63, 3.8) is 0 Å². The van der Waals surface area contributed by atoms with Gasteiger partial charge in [-0.2, -0.15) is 0 Å². The summed E-state index contributed by atoms with van der Waals surface area (Å²) in [6.07, 6.45) is 0. The predicted molar refractivity (Wildman–Crippen MR) is 81.9 cm³/mol. The van der Waals surface area contributed by atoms with Crippen molar-refractivity contribution in [2.24, 2.45) is 0 Å². The molecule has 0 amide bonds. The van der Waals surface area contributed by atoms with E-state index in [0.717, 1.165) is 0 Å². The molecule has 1 aromatic heterocycles. The van der Waals surface area contributed by atoms with E-state index >= 15 is 0 Å². The van der Waals surface area contributed by atoms with Crippen molar-refractivity contribution in [1.29, 1.82) is 0 Å². The van der Waals surface area contributed by atoms with Gasteiger partial charge in [0, 0.05) is 16.5 Å². The Labute approximate surface area is 131 Å². The minimum absolute atomic E-state index is 0. The van der Waals surface area contributed by atoms with Gasteiger partial charge in [-0.05, 0) is 24.3 Å². The summed E-state index contributed by atoms with van der Waals surface area (Å²) in [7, 11) is 0. The summed E-state index contributed by atoms with van der Waals surface area (Å²) >= 11 is 0. The van der Waals surface area contributed by atoms with E-state index in [9.17, 15) is 0 Å². The van der Waals surface area contributed by atoms with E-state index in [4.69, 9.17) is 0 Å². The third-order valence-electron chi connectivity index (χ3n) is 3.59. The van der Waals surface area contributed by atoms with E-state index in [1.165, 1.54) is 27.5 Å². The van der Waals surface area contributed by atoms with Gasteiger partial charge >= 0.3 is 18.9 Å². The van der Waals surface area contributed by atoms with Gasteiger partial charge in [0.1, 0.15) is 0 Å². The number of rotatable bonds is 1. The van der Waals surface area contributed by atoms with Crippen LogP contribution in [0.1, 0.15) is 1.43 Å². The van der Waals surface area contributed by atoms with Crippen LogP contribution in [0.3, 0.4) is 0 Å². The molecule has 0 saturated heterocycles. The topological polar surface area (TPSA) is 4.93 Å². The van der Waals surface area contributed by atoms with Gasteiger partial charge < -0.3 is 5.99 Å². The summed E-state index contributed by atoms with van der Waals surface area (Å²) in [5, 5.41) is 2.61. The molecule has 0 aliphatic carbocycles. The van der Waals surface area contributed by atoms with Crippen LogP contribution < -0.4 is 18.9 Å². The third kappa shape index (κ3) is 1.88. The van der Waals surface area contributed by atoms with Crippen molar-refractivity contribution in [2.45, 2.75) is 0 Å². The van der Waals surface area contributed by atoms with E-state index in [0.29, 0.717) is 0 Å². The van der Waals surface area contributed by atoms with Gasteiger partial charge in [0.15, 0.2) is 0 Å². The molecule has 1 nitrogen and oxygen atoms in total. The monoisotopic (exact) mass is 251 g/mol. The maximum atomic E-state index is 2.32. The maximum Gasteiger partial charge on any atom is 1.00 e. The van der Waals surface area contributed by atoms with Gasteiger partial charge in [0.2, 0.25) is 0 Å². The first-order valence-electron chi connectivity index (χ1n) is 6.49. The van der Waals surface area contributed by atoms with Gasteiger partial charge in [0.05, 0.1) is 11.0 Å². The normalized spacial score (nSPS) is 10.6. The molecular formula is C18H14LiN. The van der Waals surface area contributed by atoms with Crippen LogP contribution in [0.2, 0.25) is 0 Å². The average molecular weight is 251 g/mol.